The van der Waals surface area contributed by atoms with Crippen molar-refractivity contribution in [2.24, 2.45) is 0 Å². The first-order valence-corrected chi connectivity index (χ1v) is 9.95. The number of methoxy groups -OCH3 is 2. The molecule has 1 aromatic heterocycles. The Morgan fingerprint density at radius 2 is 1.80 bits per heavy atom. The van der Waals surface area contributed by atoms with Crippen LogP contribution >= 0.6 is 0 Å². The highest BCUT2D eigenvalue weighted by Crippen LogP contribution is 2.35. The average molecular weight is 407 g/mol. The van der Waals surface area contributed by atoms with Gasteiger partial charge in [-0.15, -0.1) is 0 Å². The van der Waals surface area contributed by atoms with Crippen LogP contribution in [0.2, 0.25) is 0 Å². The molecular formula is C23H25N3O4. The molecule has 30 heavy (non-hydrogen) atoms. The van der Waals surface area contributed by atoms with Gasteiger partial charge in [0.05, 0.1) is 14.2 Å². The topological polar surface area (TPSA) is 77.7 Å². The minimum absolute atomic E-state index is 0.00448. The van der Waals surface area contributed by atoms with Crippen molar-refractivity contribution < 1.29 is 18.8 Å². The largest absolute Gasteiger partial charge is 0.493 e. The SMILES string of the molecule is COc1ccc(-c2noc([C@@H]3CCCN3C(=O)c3cc(C)cc(C)c3)n2)cc1OC. The Balaban J connectivity index is 1.60. The number of likely N-dealkylation sites (tertiary alicyclic amines) is 1. The predicted octanol–water partition coefficient (Wildman–Crippen LogP) is 4.35. The van der Waals surface area contributed by atoms with E-state index in [1.165, 1.54) is 0 Å². The summed E-state index contributed by atoms with van der Waals surface area (Å²) < 4.78 is 16.2. The molecule has 0 radical (unpaired) electrons. The second kappa shape index (κ2) is 8.18. The van der Waals surface area contributed by atoms with E-state index in [0.29, 0.717) is 35.3 Å². The maximum Gasteiger partial charge on any atom is 0.254 e. The first kappa shape index (κ1) is 19.9. The van der Waals surface area contributed by atoms with E-state index in [9.17, 15) is 4.79 Å². The van der Waals surface area contributed by atoms with E-state index < -0.39 is 0 Å². The standard InChI is InChI=1S/C23H25N3O4/c1-14-10-15(2)12-17(11-14)23(27)26-9-5-6-18(26)22-24-21(25-30-22)16-7-8-19(28-3)20(13-16)29-4/h7-8,10-13,18H,5-6,9H2,1-4H3/t18-/m0/s1. The van der Waals surface area contributed by atoms with Gasteiger partial charge < -0.3 is 18.9 Å². The van der Waals surface area contributed by atoms with Crippen molar-refractivity contribution in [3.8, 4) is 22.9 Å². The minimum Gasteiger partial charge on any atom is -0.493 e. The lowest BCUT2D eigenvalue weighted by atomic mass is 10.1. The molecule has 156 valence electrons. The third kappa shape index (κ3) is 3.75. The maximum atomic E-state index is 13.2. The van der Waals surface area contributed by atoms with Gasteiger partial charge in [-0.25, -0.2) is 0 Å². The lowest BCUT2D eigenvalue weighted by molar-refractivity contribution is 0.0710. The van der Waals surface area contributed by atoms with Gasteiger partial charge >= 0.3 is 0 Å². The number of ether oxygens (including phenoxy) is 2. The second-order valence-electron chi connectivity index (χ2n) is 7.56. The van der Waals surface area contributed by atoms with E-state index in [1.54, 1.807) is 26.4 Å². The van der Waals surface area contributed by atoms with Gasteiger partial charge in [0, 0.05) is 17.7 Å². The molecule has 0 spiro atoms. The zero-order valence-corrected chi connectivity index (χ0v) is 17.6. The van der Waals surface area contributed by atoms with Gasteiger partial charge in [0.25, 0.3) is 5.91 Å². The summed E-state index contributed by atoms with van der Waals surface area (Å²) in [5.41, 5.74) is 3.59. The molecule has 4 rings (SSSR count). The first-order valence-electron chi connectivity index (χ1n) is 9.95. The Morgan fingerprint density at radius 1 is 1.07 bits per heavy atom. The van der Waals surface area contributed by atoms with Crippen LogP contribution in [0.25, 0.3) is 11.4 Å². The molecule has 1 amide bonds. The molecule has 1 atom stereocenters. The molecule has 3 aromatic rings. The third-order valence-electron chi connectivity index (χ3n) is 5.35. The number of hydrogen-bond acceptors (Lipinski definition) is 6. The third-order valence-corrected chi connectivity index (χ3v) is 5.35. The molecule has 7 nitrogen and oxygen atoms in total. The predicted molar refractivity (Wildman–Crippen MR) is 112 cm³/mol. The van der Waals surface area contributed by atoms with E-state index >= 15 is 0 Å². The van der Waals surface area contributed by atoms with Crippen LogP contribution in [-0.4, -0.2) is 41.7 Å². The van der Waals surface area contributed by atoms with E-state index in [4.69, 9.17) is 14.0 Å². The van der Waals surface area contributed by atoms with Gasteiger partial charge in [-0.05, 0) is 57.0 Å². The fourth-order valence-corrected chi connectivity index (χ4v) is 3.99. The maximum absolute atomic E-state index is 13.2. The highest BCUT2D eigenvalue weighted by atomic mass is 16.5. The monoisotopic (exact) mass is 407 g/mol. The van der Waals surface area contributed by atoms with Crippen molar-refractivity contribution in [1.29, 1.82) is 0 Å². The van der Waals surface area contributed by atoms with Crippen LogP contribution in [0.5, 0.6) is 11.5 Å². The minimum atomic E-state index is -0.222. The average Bonchev–Trinajstić information content (AvgIpc) is 3.41. The number of carbonyl (C=O) groups excluding carboxylic acids is 1. The Hall–Kier alpha value is -3.35. The summed E-state index contributed by atoms with van der Waals surface area (Å²) in [6, 6.07) is 11.1. The molecule has 0 saturated carbocycles. The molecule has 0 aliphatic carbocycles. The van der Waals surface area contributed by atoms with Crippen LogP contribution in [0.15, 0.2) is 40.9 Å². The molecule has 1 aliphatic rings. The summed E-state index contributed by atoms with van der Waals surface area (Å²) in [5, 5.41) is 4.14. The summed E-state index contributed by atoms with van der Waals surface area (Å²) in [6.45, 7) is 4.67. The van der Waals surface area contributed by atoms with Gasteiger partial charge in [0.15, 0.2) is 11.5 Å². The van der Waals surface area contributed by atoms with Gasteiger partial charge in [-0.3, -0.25) is 4.79 Å². The van der Waals surface area contributed by atoms with Gasteiger partial charge in [-0.1, -0.05) is 22.3 Å². The van der Waals surface area contributed by atoms with Crippen LogP contribution in [0, 0.1) is 13.8 Å². The fourth-order valence-electron chi connectivity index (χ4n) is 3.99. The summed E-state index contributed by atoms with van der Waals surface area (Å²) in [7, 11) is 3.17. The van der Waals surface area contributed by atoms with Gasteiger partial charge in [0.2, 0.25) is 11.7 Å². The Bertz CT molecular complexity index is 1060. The number of nitrogens with zero attached hydrogens (tertiary/aromatic N) is 3. The lowest BCUT2D eigenvalue weighted by Crippen LogP contribution is -2.30. The number of benzene rings is 2. The van der Waals surface area contributed by atoms with Crippen LogP contribution in [0.1, 0.15) is 46.3 Å². The number of carbonyl (C=O) groups is 1. The van der Waals surface area contributed by atoms with Crippen molar-refractivity contribution in [2.45, 2.75) is 32.7 Å². The second-order valence-corrected chi connectivity index (χ2v) is 7.56. The Morgan fingerprint density at radius 3 is 2.50 bits per heavy atom. The van der Waals surface area contributed by atoms with E-state index in [0.717, 1.165) is 29.5 Å². The number of aryl methyl sites for hydroxylation is 2. The number of hydrogen-bond donors (Lipinski definition) is 0. The van der Waals surface area contributed by atoms with E-state index in [-0.39, 0.29) is 11.9 Å². The molecule has 0 N–H and O–H groups in total. The fraction of sp³-hybridized carbons (Fsp3) is 0.348. The molecular weight excluding hydrogens is 382 g/mol. The quantitative estimate of drug-likeness (QED) is 0.626. The highest BCUT2D eigenvalue weighted by molar-refractivity contribution is 5.95. The van der Waals surface area contributed by atoms with Crippen molar-refractivity contribution in [2.75, 3.05) is 20.8 Å². The summed E-state index contributed by atoms with van der Waals surface area (Å²) in [4.78, 5) is 19.6. The van der Waals surface area contributed by atoms with E-state index in [1.807, 2.05) is 36.9 Å². The Kier molecular flexibility index (Phi) is 5.44. The number of rotatable bonds is 5. The van der Waals surface area contributed by atoms with Crippen LogP contribution in [-0.2, 0) is 0 Å². The lowest BCUT2D eigenvalue weighted by Gasteiger charge is -2.22. The first-order chi connectivity index (χ1) is 14.5. The van der Waals surface area contributed by atoms with E-state index in [2.05, 4.69) is 16.2 Å². The molecule has 1 saturated heterocycles. The molecule has 0 unspecified atom stereocenters. The molecule has 1 aliphatic heterocycles. The molecule has 0 bridgehead atoms. The van der Waals surface area contributed by atoms with Crippen LogP contribution in [0.3, 0.4) is 0 Å². The number of aromatic nitrogens is 2. The van der Waals surface area contributed by atoms with Crippen molar-refractivity contribution in [1.82, 2.24) is 15.0 Å². The smallest absolute Gasteiger partial charge is 0.254 e. The van der Waals surface area contributed by atoms with Crippen molar-refractivity contribution >= 4 is 5.91 Å². The van der Waals surface area contributed by atoms with Gasteiger partial charge in [0.1, 0.15) is 6.04 Å². The molecule has 2 aromatic carbocycles. The van der Waals surface area contributed by atoms with Gasteiger partial charge in [-0.2, -0.15) is 4.98 Å². The summed E-state index contributed by atoms with van der Waals surface area (Å²) >= 11 is 0. The zero-order chi connectivity index (χ0) is 21.3. The molecule has 7 heteroatoms. The summed E-state index contributed by atoms with van der Waals surface area (Å²) in [5.74, 6) is 2.13. The summed E-state index contributed by atoms with van der Waals surface area (Å²) in [6.07, 6.45) is 1.69. The normalized spacial score (nSPS) is 16.0. The molecule has 2 heterocycles. The van der Waals surface area contributed by atoms with Crippen molar-refractivity contribution in [3.63, 3.8) is 0 Å². The van der Waals surface area contributed by atoms with Crippen molar-refractivity contribution in [3.05, 3.63) is 59.0 Å². The zero-order valence-electron chi connectivity index (χ0n) is 17.6. The molecule has 1 fully saturated rings. The Labute approximate surface area is 175 Å². The van der Waals surface area contributed by atoms with Crippen LogP contribution in [0.4, 0.5) is 0 Å². The number of amides is 1. The van der Waals surface area contributed by atoms with Crippen LogP contribution < -0.4 is 9.47 Å². The highest BCUT2D eigenvalue weighted by Gasteiger charge is 2.34.